The van der Waals surface area contributed by atoms with Gasteiger partial charge in [-0.15, -0.1) is 0 Å². The summed E-state index contributed by atoms with van der Waals surface area (Å²) in [4.78, 5) is 4.84. The van der Waals surface area contributed by atoms with Crippen molar-refractivity contribution in [1.82, 2.24) is 9.80 Å². The zero-order valence-corrected chi connectivity index (χ0v) is 11.9. The summed E-state index contributed by atoms with van der Waals surface area (Å²) in [7, 11) is -2.76. The summed E-state index contributed by atoms with van der Waals surface area (Å²) >= 11 is 0. The van der Waals surface area contributed by atoms with Gasteiger partial charge in [0.2, 0.25) is 0 Å². The van der Waals surface area contributed by atoms with E-state index in [1.54, 1.807) is 0 Å². The molecule has 0 spiro atoms. The molecule has 2 fully saturated rings. The van der Waals surface area contributed by atoms with Crippen LogP contribution in [0.15, 0.2) is 0 Å². The molecular formula is C12H25N3O2S. The lowest BCUT2D eigenvalue weighted by Gasteiger charge is -2.26. The van der Waals surface area contributed by atoms with Crippen LogP contribution >= 0.6 is 0 Å². The van der Waals surface area contributed by atoms with E-state index in [2.05, 4.69) is 9.80 Å². The third kappa shape index (κ3) is 3.91. The summed E-state index contributed by atoms with van der Waals surface area (Å²) in [6.07, 6.45) is 3.02. The molecule has 0 aromatic carbocycles. The van der Waals surface area contributed by atoms with Crippen molar-refractivity contribution in [2.45, 2.75) is 25.3 Å². The predicted octanol–water partition coefficient (Wildman–Crippen LogP) is -0.470. The molecule has 0 amide bonds. The summed E-state index contributed by atoms with van der Waals surface area (Å²) in [6, 6.07) is 0.268. The van der Waals surface area contributed by atoms with E-state index in [1.165, 1.54) is 0 Å². The molecule has 2 rings (SSSR count). The Balaban J connectivity index is 1.82. The second-order valence-corrected chi connectivity index (χ2v) is 7.66. The first-order valence-electron chi connectivity index (χ1n) is 6.97. The minimum Gasteiger partial charge on any atom is -0.330 e. The molecule has 5 nitrogen and oxygen atoms in total. The van der Waals surface area contributed by atoms with Gasteiger partial charge in [-0.2, -0.15) is 0 Å². The molecule has 2 heterocycles. The molecule has 0 radical (unpaired) electrons. The average molecular weight is 275 g/mol. The fraction of sp³-hybridized carbons (Fsp3) is 1.00. The maximum absolute atomic E-state index is 11.5. The quantitative estimate of drug-likeness (QED) is 0.751. The van der Waals surface area contributed by atoms with Crippen LogP contribution in [0.25, 0.3) is 0 Å². The van der Waals surface area contributed by atoms with Gasteiger partial charge in [0.05, 0.1) is 11.5 Å². The fourth-order valence-electron chi connectivity index (χ4n) is 2.96. The van der Waals surface area contributed by atoms with E-state index >= 15 is 0 Å². The first-order valence-corrected chi connectivity index (χ1v) is 8.80. The first kappa shape index (κ1) is 14.2. The van der Waals surface area contributed by atoms with E-state index in [4.69, 9.17) is 5.73 Å². The molecule has 0 aromatic rings. The zero-order chi connectivity index (χ0) is 13.0. The van der Waals surface area contributed by atoms with Crippen molar-refractivity contribution >= 4 is 9.84 Å². The zero-order valence-electron chi connectivity index (χ0n) is 11.1. The van der Waals surface area contributed by atoms with Crippen molar-refractivity contribution in [1.29, 1.82) is 0 Å². The minimum absolute atomic E-state index is 0.268. The lowest BCUT2D eigenvalue weighted by molar-refractivity contribution is 0.212. The normalized spacial score (nSPS) is 30.4. The number of nitrogens with two attached hydrogens (primary N) is 1. The van der Waals surface area contributed by atoms with E-state index in [-0.39, 0.29) is 6.04 Å². The lowest BCUT2D eigenvalue weighted by atomic mass is 10.2. The van der Waals surface area contributed by atoms with E-state index in [9.17, 15) is 8.42 Å². The number of nitrogens with zero attached hydrogens (tertiary/aromatic N) is 2. The Kier molecular flexibility index (Phi) is 5.00. The number of rotatable bonds is 4. The van der Waals surface area contributed by atoms with Crippen LogP contribution in [0, 0.1) is 0 Å². The fourth-order valence-corrected chi connectivity index (χ4v) is 4.72. The van der Waals surface area contributed by atoms with Crippen LogP contribution in [-0.4, -0.2) is 75.0 Å². The van der Waals surface area contributed by atoms with Crippen LogP contribution in [0.5, 0.6) is 0 Å². The van der Waals surface area contributed by atoms with Gasteiger partial charge >= 0.3 is 0 Å². The van der Waals surface area contributed by atoms with Crippen molar-refractivity contribution in [2.75, 3.05) is 50.8 Å². The van der Waals surface area contributed by atoms with Crippen LogP contribution < -0.4 is 5.73 Å². The van der Waals surface area contributed by atoms with Crippen LogP contribution in [0.2, 0.25) is 0 Å². The van der Waals surface area contributed by atoms with Gasteiger partial charge in [0.25, 0.3) is 0 Å². The monoisotopic (exact) mass is 275 g/mol. The second-order valence-electron chi connectivity index (χ2n) is 5.43. The number of hydrogen-bond donors (Lipinski definition) is 1. The number of sulfone groups is 1. The summed E-state index contributed by atoms with van der Waals surface area (Å²) in [5, 5.41) is 0. The molecule has 2 N–H and O–H groups in total. The second kappa shape index (κ2) is 6.32. The minimum atomic E-state index is -2.76. The summed E-state index contributed by atoms with van der Waals surface area (Å²) in [6.45, 7) is 6.05. The third-order valence-electron chi connectivity index (χ3n) is 4.03. The topological polar surface area (TPSA) is 66.6 Å². The van der Waals surface area contributed by atoms with E-state index in [1.807, 2.05) is 0 Å². The van der Waals surface area contributed by atoms with Gasteiger partial charge in [0, 0.05) is 19.1 Å². The van der Waals surface area contributed by atoms with Crippen LogP contribution in [0.3, 0.4) is 0 Å². The largest absolute Gasteiger partial charge is 0.330 e. The van der Waals surface area contributed by atoms with Crippen molar-refractivity contribution in [3.05, 3.63) is 0 Å². The smallest absolute Gasteiger partial charge is 0.151 e. The molecule has 1 atom stereocenters. The van der Waals surface area contributed by atoms with Crippen molar-refractivity contribution < 1.29 is 8.42 Å². The standard InChI is InChI=1S/C12H25N3O2S/c13-4-1-5-14-6-2-7-15(9-8-14)12-3-10-18(16,17)11-12/h12H,1-11,13H2. The Labute approximate surface area is 110 Å². The van der Waals surface area contributed by atoms with Crippen LogP contribution in [0.1, 0.15) is 19.3 Å². The van der Waals surface area contributed by atoms with Crippen molar-refractivity contribution in [3.8, 4) is 0 Å². The Morgan fingerprint density at radius 3 is 2.67 bits per heavy atom. The molecule has 1 unspecified atom stereocenters. The Hall–Kier alpha value is -0.170. The SMILES string of the molecule is NCCCN1CCCN(C2CCS(=O)(=O)C2)CC1. The van der Waals surface area contributed by atoms with Crippen LogP contribution in [-0.2, 0) is 9.84 Å². The summed E-state index contributed by atoms with van der Waals surface area (Å²) in [5.41, 5.74) is 5.54. The van der Waals surface area contributed by atoms with Gasteiger partial charge in [-0.3, -0.25) is 4.90 Å². The van der Waals surface area contributed by atoms with Crippen molar-refractivity contribution in [2.24, 2.45) is 5.73 Å². The Morgan fingerprint density at radius 2 is 2.00 bits per heavy atom. The molecule has 6 heteroatoms. The highest BCUT2D eigenvalue weighted by molar-refractivity contribution is 7.91. The molecule has 0 saturated carbocycles. The van der Waals surface area contributed by atoms with Crippen molar-refractivity contribution in [3.63, 3.8) is 0 Å². The molecule has 2 aliphatic rings. The Morgan fingerprint density at radius 1 is 1.17 bits per heavy atom. The lowest BCUT2D eigenvalue weighted by Crippen LogP contribution is -2.39. The molecule has 0 bridgehead atoms. The van der Waals surface area contributed by atoms with Crippen LogP contribution in [0.4, 0.5) is 0 Å². The first-order chi connectivity index (χ1) is 8.61. The number of hydrogen-bond acceptors (Lipinski definition) is 5. The Bertz CT molecular complexity index is 358. The molecule has 106 valence electrons. The average Bonchev–Trinajstić information content (AvgIpc) is 2.56. The maximum atomic E-state index is 11.5. The van der Waals surface area contributed by atoms with E-state index in [0.29, 0.717) is 11.5 Å². The van der Waals surface area contributed by atoms with Gasteiger partial charge in [-0.25, -0.2) is 8.42 Å². The summed E-state index contributed by atoms with van der Waals surface area (Å²) in [5.74, 6) is 0.751. The third-order valence-corrected chi connectivity index (χ3v) is 5.78. The highest BCUT2D eigenvalue weighted by atomic mass is 32.2. The molecule has 2 saturated heterocycles. The molecule has 2 aliphatic heterocycles. The molecular weight excluding hydrogens is 250 g/mol. The maximum Gasteiger partial charge on any atom is 0.151 e. The van der Waals surface area contributed by atoms with Gasteiger partial charge in [0.15, 0.2) is 9.84 Å². The van der Waals surface area contributed by atoms with E-state index < -0.39 is 9.84 Å². The summed E-state index contributed by atoms with van der Waals surface area (Å²) < 4.78 is 23.0. The highest BCUT2D eigenvalue weighted by Gasteiger charge is 2.32. The van der Waals surface area contributed by atoms with Gasteiger partial charge < -0.3 is 10.6 Å². The van der Waals surface area contributed by atoms with Gasteiger partial charge in [0.1, 0.15) is 0 Å². The molecule has 0 aromatic heterocycles. The molecule has 18 heavy (non-hydrogen) atoms. The predicted molar refractivity (Wildman–Crippen MR) is 73.4 cm³/mol. The van der Waals surface area contributed by atoms with Gasteiger partial charge in [-0.05, 0) is 45.4 Å². The van der Waals surface area contributed by atoms with Gasteiger partial charge in [-0.1, -0.05) is 0 Å². The van der Waals surface area contributed by atoms with E-state index in [0.717, 1.165) is 58.5 Å². The molecule has 0 aliphatic carbocycles. The highest BCUT2D eigenvalue weighted by Crippen LogP contribution is 2.19.